The van der Waals surface area contributed by atoms with E-state index in [9.17, 15) is 0 Å². The van der Waals surface area contributed by atoms with E-state index < -0.39 is 0 Å². The van der Waals surface area contributed by atoms with Crippen LogP contribution in [0.1, 0.15) is 61.2 Å². The molecule has 1 aromatic heterocycles. The molecule has 1 saturated carbocycles. The highest BCUT2D eigenvalue weighted by Gasteiger charge is 2.28. The fourth-order valence-electron chi connectivity index (χ4n) is 2.93. The minimum absolute atomic E-state index is 0.486. The van der Waals surface area contributed by atoms with Crippen molar-refractivity contribution in [1.29, 1.82) is 0 Å². The van der Waals surface area contributed by atoms with E-state index in [1.54, 1.807) is 0 Å². The summed E-state index contributed by atoms with van der Waals surface area (Å²) in [7, 11) is 0. The first kappa shape index (κ1) is 14.0. The maximum absolute atomic E-state index is 4.78. The van der Waals surface area contributed by atoms with Crippen LogP contribution in [-0.4, -0.2) is 11.5 Å². The van der Waals surface area contributed by atoms with E-state index in [4.69, 9.17) is 4.98 Å². The molecule has 0 aromatic carbocycles. The Labute approximate surface area is 115 Å². The van der Waals surface area contributed by atoms with Crippen LogP contribution in [-0.2, 0) is 0 Å². The van der Waals surface area contributed by atoms with Crippen LogP contribution in [0.15, 0.2) is 0 Å². The number of aryl methyl sites for hydroxylation is 2. The summed E-state index contributed by atoms with van der Waals surface area (Å²) >= 11 is 1.88. The zero-order valence-corrected chi connectivity index (χ0v) is 12.9. The Morgan fingerprint density at radius 3 is 2.44 bits per heavy atom. The fraction of sp³-hybridized carbons (Fsp3) is 0.800. The van der Waals surface area contributed by atoms with Gasteiger partial charge < -0.3 is 5.32 Å². The van der Waals surface area contributed by atoms with Gasteiger partial charge in [0.15, 0.2) is 0 Å². The maximum atomic E-state index is 4.78. The highest BCUT2D eigenvalue weighted by molar-refractivity contribution is 7.11. The lowest BCUT2D eigenvalue weighted by Crippen LogP contribution is -2.30. The molecule has 0 saturated heterocycles. The molecular formula is C15H26N2S. The molecule has 1 aliphatic carbocycles. The molecule has 0 radical (unpaired) electrons. The van der Waals surface area contributed by atoms with Crippen molar-refractivity contribution < 1.29 is 0 Å². The Morgan fingerprint density at radius 2 is 1.94 bits per heavy atom. The molecule has 1 aliphatic rings. The molecule has 1 unspecified atom stereocenters. The number of nitrogens with zero attached hydrogens (tertiary/aromatic N) is 1. The van der Waals surface area contributed by atoms with Gasteiger partial charge in [0.25, 0.3) is 0 Å². The number of rotatable bonds is 4. The lowest BCUT2D eigenvalue weighted by atomic mass is 9.79. The van der Waals surface area contributed by atoms with Gasteiger partial charge in [0.1, 0.15) is 5.01 Å². The van der Waals surface area contributed by atoms with E-state index in [2.05, 4.69) is 33.0 Å². The van der Waals surface area contributed by atoms with Gasteiger partial charge >= 0.3 is 0 Å². The van der Waals surface area contributed by atoms with Gasteiger partial charge in [-0.1, -0.05) is 26.7 Å². The maximum Gasteiger partial charge on any atom is 0.110 e. The summed E-state index contributed by atoms with van der Waals surface area (Å²) < 4.78 is 0. The largest absolute Gasteiger partial charge is 0.308 e. The number of nitrogens with one attached hydrogen (secondary N) is 1. The molecule has 102 valence electrons. The van der Waals surface area contributed by atoms with E-state index >= 15 is 0 Å². The summed E-state index contributed by atoms with van der Waals surface area (Å²) in [5, 5.41) is 4.98. The lowest BCUT2D eigenvalue weighted by molar-refractivity contribution is 0.233. The third-order valence-corrected chi connectivity index (χ3v) is 5.42. The van der Waals surface area contributed by atoms with Crippen molar-refractivity contribution in [2.45, 2.75) is 59.4 Å². The van der Waals surface area contributed by atoms with Crippen LogP contribution in [0, 0.1) is 25.7 Å². The van der Waals surface area contributed by atoms with Gasteiger partial charge in [-0.05, 0) is 45.1 Å². The van der Waals surface area contributed by atoms with E-state index in [1.807, 2.05) is 11.3 Å². The first-order valence-corrected chi connectivity index (χ1v) is 8.10. The first-order chi connectivity index (χ1) is 8.61. The Morgan fingerprint density at radius 1 is 1.28 bits per heavy atom. The second-order valence-corrected chi connectivity index (χ2v) is 6.98. The van der Waals surface area contributed by atoms with Crippen molar-refractivity contribution in [2.75, 3.05) is 6.54 Å². The van der Waals surface area contributed by atoms with Gasteiger partial charge in [0, 0.05) is 4.88 Å². The molecule has 0 aliphatic heterocycles. The van der Waals surface area contributed by atoms with Gasteiger partial charge in [0.05, 0.1) is 11.7 Å². The summed E-state index contributed by atoms with van der Waals surface area (Å²) in [6.07, 6.45) is 5.48. The highest BCUT2D eigenvalue weighted by atomic mass is 32.1. The smallest absolute Gasteiger partial charge is 0.110 e. The standard InChI is InChI=1S/C15H26N2S/c1-5-16-14(13-8-6-10(2)7-9-13)15-17-11(3)12(4)18-15/h10,13-14,16H,5-9H2,1-4H3. The van der Waals surface area contributed by atoms with Crippen LogP contribution in [0.2, 0.25) is 0 Å². The molecule has 3 heteroatoms. The molecule has 2 nitrogen and oxygen atoms in total. The Hall–Kier alpha value is -0.410. The molecule has 18 heavy (non-hydrogen) atoms. The molecule has 1 N–H and O–H groups in total. The highest BCUT2D eigenvalue weighted by Crippen LogP contribution is 2.38. The molecule has 0 spiro atoms. The predicted octanol–water partition coefficient (Wildman–Crippen LogP) is 4.24. The second-order valence-electron chi connectivity index (χ2n) is 5.75. The van der Waals surface area contributed by atoms with Crippen LogP contribution in [0.3, 0.4) is 0 Å². The van der Waals surface area contributed by atoms with Crippen LogP contribution in [0.25, 0.3) is 0 Å². The Bertz CT molecular complexity index is 358. The van der Waals surface area contributed by atoms with Crippen molar-refractivity contribution in [3.8, 4) is 0 Å². The zero-order valence-electron chi connectivity index (χ0n) is 12.1. The summed E-state index contributed by atoms with van der Waals surface area (Å²) in [6.45, 7) is 9.93. The molecule has 1 aromatic rings. The number of hydrogen-bond donors (Lipinski definition) is 1. The van der Waals surface area contributed by atoms with Crippen molar-refractivity contribution in [1.82, 2.24) is 10.3 Å². The third kappa shape index (κ3) is 3.12. The molecular weight excluding hydrogens is 240 g/mol. The SMILES string of the molecule is CCNC(c1nc(C)c(C)s1)C1CCC(C)CC1. The van der Waals surface area contributed by atoms with Crippen molar-refractivity contribution in [3.05, 3.63) is 15.6 Å². The number of aromatic nitrogens is 1. The molecule has 0 amide bonds. The monoisotopic (exact) mass is 266 g/mol. The zero-order chi connectivity index (χ0) is 13.1. The van der Waals surface area contributed by atoms with Gasteiger partial charge in [-0.15, -0.1) is 11.3 Å². The van der Waals surface area contributed by atoms with Crippen LogP contribution in [0.5, 0.6) is 0 Å². The van der Waals surface area contributed by atoms with Gasteiger partial charge in [-0.25, -0.2) is 4.98 Å². The quantitative estimate of drug-likeness (QED) is 0.882. The van der Waals surface area contributed by atoms with Crippen LogP contribution >= 0.6 is 11.3 Å². The van der Waals surface area contributed by atoms with Crippen LogP contribution in [0.4, 0.5) is 0 Å². The predicted molar refractivity (Wildman–Crippen MR) is 79.1 cm³/mol. The molecule has 1 heterocycles. The van der Waals surface area contributed by atoms with Gasteiger partial charge in [0.2, 0.25) is 0 Å². The summed E-state index contributed by atoms with van der Waals surface area (Å²) in [4.78, 5) is 6.15. The summed E-state index contributed by atoms with van der Waals surface area (Å²) in [6, 6.07) is 0.486. The normalized spacial score (nSPS) is 26.2. The van der Waals surface area contributed by atoms with Gasteiger partial charge in [-0.3, -0.25) is 0 Å². The van der Waals surface area contributed by atoms with Crippen molar-refractivity contribution in [2.24, 2.45) is 11.8 Å². The summed E-state index contributed by atoms with van der Waals surface area (Å²) in [5.74, 6) is 1.70. The molecule has 1 atom stereocenters. The number of hydrogen-bond acceptors (Lipinski definition) is 3. The topological polar surface area (TPSA) is 24.9 Å². The van der Waals surface area contributed by atoms with Crippen molar-refractivity contribution in [3.63, 3.8) is 0 Å². The van der Waals surface area contributed by atoms with E-state index in [0.29, 0.717) is 6.04 Å². The minimum Gasteiger partial charge on any atom is -0.308 e. The Balaban J connectivity index is 2.12. The molecule has 0 bridgehead atoms. The summed E-state index contributed by atoms with van der Waals surface area (Å²) in [5.41, 5.74) is 1.21. The second kappa shape index (κ2) is 6.16. The fourth-order valence-corrected chi connectivity index (χ4v) is 4.02. The molecule has 1 fully saturated rings. The van der Waals surface area contributed by atoms with Crippen LogP contribution < -0.4 is 5.32 Å². The lowest BCUT2D eigenvalue weighted by Gasteiger charge is -2.32. The Kier molecular flexibility index (Phi) is 4.79. The van der Waals surface area contributed by atoms with E-state index in [0.717, 1.165) is 18.4 Å². The minimum atomic E-state index is 0.486. The van der Waals surface area contributed by atoms with Crippen molar-refractivity contribution >= 4 is 11.3 Å². The third-order valence-electron chi connectivity index (χ3n) is 4.27. The molecule has 2 rings (SSSR count). The van der Waals surface area contributed by atoms with E-state index in [-0.39, 0.29) is 0 Å². The average Bonchev–Trinajstić information content (AvgIpc) is 2.68. The average molecular weight is 266 g/mol. The number of thiazole rings is 1. The van der Waals surface area contributed by atoms with Gasteiger partial charge in [-0.2, -0.15) is 0 Å². The van der Waals surface area contributed by atoms with E-state index in [1.165, 1.54) is 41.3 Å². The first-order valence-electron chi connectivity index (χ1n) is 7.29.